The average Bonchev–Trinajstić information content (AvgIpc) is 2.62. The van der Waals surface area contributed by atoms with E-state index in [1.165, 1.54) is 12.1 Å². The molecule has 1 aliphatic rings. The highest BCUT2D eigenvalue weighted by atomic mass is 16.7. The molecule has 1 fully saturated rings. The minimum Gasteiger partial charge on any atom is -0.416 e. The Bertz CT molecular complexity index is 798. The van der Waals surface area contributed by atoms with E-state index in [0.29, 0.717) is 24.3 Å². The van der Waals surface area contributed by atoms with Gasteiger partial charge in [-0.25, -0.2) is 4.79 Å². The predicted molar refractivity (Wildman–Crippen MR) is 88.5 cm³/mol. The molecule has 0 aromatic heterocycles. The summed E-state index contributed by atoms with van der Waals surface area (Å²) in [7, 11) is 0. The monoisotopic (exact) mass is 343 g/mol. The number of hydrogen-bond donors (Lipinski definition) is 0. The number of carbonyl (C=O) groups is 1. The molecule has 1 aliphatic heterocycles. The van der Waals surface area contributed by atoms with Gasteiger partial charge in [0.25, 0.3) is 0 Å². The van der Waals surface area contributed by atoms with Crippen LogP contribution in [0, 0.1) is 17.0 Å². The van der Waals surface area contributed by atoms with Gasteiger partial charge in [0.15, 0.2) is 6.29 Å². The lowest BCUT2D eigenvalue weighted by Crippen LogP contribution is -2.18. The van der Waals surface area contributed by atoms with Crippen LogP contribution in [0.4, 0.5) is 5.69 Å². The molecule has 1 saturated heterocycles. The van der Waals surface area contributed by atoms with E-state index in [2.05, 4.69) is 0 Å². The highest BCUT2D eigenvalue weighted by Crippen LogP contribution is 2.33. The van der Waals surface area contributed by atoms with Gasteiger partial charge in [0, 0.05) is 11.6 Å². The van der Waals surface area contributed by atoms with Crippen molar-refractivity contribution in [3.8, 4) is 5.75 Å². The third kappa shape index (κ3) is 4.01. The van der Waals surface area contributed by atoms with Crippen LogP contribution in [0.25, 0.3) is 0 Å². The van der Waals surface area contributed by atoms with Gasteiger partial charge in [-0.3, -0.25) is 10.1 Å². The molecular weight excluding hydrogens is 326 g/mol. The second-order valence-electron chi connectivity index (χ2n) is 5.67. The lowest BCUT2D eigenvalue weighted by molar-refractivity contribution is -0.385. The summed E-state index contributed by atoms with van der Waals surface area (Å²) in [6.45, 7) is 2.91. The van der Waals surface area contributed by atoms with Gasteiger partial charge in [-0.2, -0.15) is 0 Å². The van der Waals surface area contributed by atoms with Crippen molar-refractivity contribution in [1.82, 2.24) is 0 Å². The summed E-state index contributed by atoms with van der Waals surface area (Å²) in [6, 6.07) is 11.1. The molecular formula is C18H17NO6. The fraction of sp³-hybridized carbons (Fsp3) is 0.278. The average molecular weight is 343 g/mol. The maximum Gasteiger partial charge on any atom is 0.343 e. The minimum absolute atomic E-state index is 0.115. The first-order valence-electron chi connectivity index (χ1n) is 7.85. The van der Waals surface area contributed by atoms with Crippen molar-refractivity contribution in [2.45, 2.75) is 19.6 Å². The number of nitrogens with zero attached hydrogens (tertiary/aromatic N) is 1. The number of nitro groups is 1. The van der Waals surface area contributed by atoms with Crippen molar-refractivity contribution in [2.75, 3.05) is 13.2 Å². The third-order valence-corrected chi connectivity index (χ3v) is 3.74. The Labute approximate surface area is 144 Å². The maximum atomic E-state index is 12.2. The molecule has 0 N–H and O–H groups in total. The highest BCUT2D eigenvalue weighted by molar-refractivity contribution is 5.91. The van der Waals surface area contributed by atoms with E-state index in [-0.39, 0.29) is 11.4 Å². The molecule has 0 spiro atoms. The van der Waals surface area contributed by atoms with E-state index >= 15 is 0 Å². The van der Waals surface area contributed by atoms with Crippen LogP contribution in [-0.4, -0.2) is 24.1 Å². The second-order valence-corrected chi connectivity index (χ2v) is 5.67. The van der Waals surface area contributed by atoms with Crippen LogP contribution >= 0.6 is 0 Å². The zero-order valence-corrected chi connectivity index (χ0v) is 13.6. The van der Waals surface area contributed by atoms with Crippen LogP contribution < -0.4 is 4.74 Å². The molecule has 7 heteroatoms. The van der Waals surface area contributed by atoms with Gasteiger partial charge in [0.1, 0.15) is 0 Å². The summed E-state index contributed by atoms with van der Waals surface area (Å²) < 4.78 is 16.1. The Hall–Kier alpha value is -2.77. The Morgan fingerprint density at radius 3 is 2.64 bits per heavy atom. The molecule has 0 amide bonds. The first-order chi connectivity index (χ1) is 12.0. The number of ether oxygens (including phenoxy) is 3. The van der Waals surface area contributed by atoms with Gasteiger partial charge in [0.05, 0.1) is 23.7 Å². The molecule has 130 valence electrons. The number of aryl methyl sites for hydroxylation is 1. The molecule has 1 heterocycles. The lowest BCUT2D eigenvalue weighted by atomic mass is 10.1. The van der Waals surface area contributed by atoms with Crippen LogP contribution in [-0.2, 0) is 9.47 Å². The van der Waals surface area contributed by atoms with Gasteiger partial charge in [-0.1, -0.05) is 17.7 Å². The number of esters is 1. The Kier molecular flexibility index (Phi) is 5.06. The standard InChI is InChI=1S/C18H17NO6/c1-12-4-2-5-13(10-12)17(20)25-16-7-6-14(11-15(16)19(21)22)18-23-8-3-9-24-18/h2,4-7,10-11,18H,3,8-9H2,1H3. The zero-order valence-electron chi connectivity index (χ0n) is 13.6. The van der Waals surface area contributed by atoms with Crippen molar-refractivity contribution in [1.29, 1.82) is 0 Å². The molecule has 7 nitrogen and oxygen atoms in total. The smallest absolute Gasteiger partial charge is 0.343 e. The first-order valence-corrected chi connectivity index (χ1v) is 7.85. The summed E-state index contributed by atoms with van der Waals surface area (Å²) in [5.74, 6) is -0.763. The summed E-state index contributed by atoms with van der Waals surface area (Å²) in [4.78, 5) is 23.0. The fourth-order valence-corrected chi connectivity index (χ4v) is 2.52. The largest absolute Gasteiger partial charge is 0.416 e. The Morgan fingerprint density at radius 2 is 1.96 bits per heavy atom. The number of benzene rings is 2. The normalized spacial score (nSPS) is 14.9. The molecule has 25 heavy (non-hydrogen) atoms. The van der Waals surface area contributed by atoms with Crippen LogP contribution in [0.15, 0.2) is 42.5 Å². The van der Waals surface area contributed by atoms with Crippen LogP contribution in [0.5, 0.6) is 5.75 Å². The lowest BCUT2D eigenvalue weighted by Gasteiger charge is -2.23. The van der Waals surface area contributed by atoms with Crippen molar-refractivity contribution < 1.29 is 23.9 Å². The molecule has 0 aliphatic carbocycles. The number of nitro benzene ring substituents is 1. The highest BCUT2D eigenvalue weighted by Gasteiger charge is 2.24. The predicted octanol–water partition coefficient (Wildman–Crippen LogP) is 3.56. The molecule has 0 radical (unpaired) electrons. The summed E-state index contributed by atoms with van der Waals surface area (Å²) >= 11 is 0. The van der Waals surface area contributed by atoms with Gasteiger partial charge in [-0.15, -0.1) is 0 Å². The second kappa shape index (κ2) is 7.42. The Balaban J connectivity index is 1.85. The van der Waals surface area contributed by atoms with Gasteiger partial charge in [0.2, 0.25) is 5.75 Å². The molecule has 0 bridgehead atoms. The first kappa shape index (κ1) is 17.1. The van der Waals surface area contributed by atoms with Gasteiger partial charge in [-0.05, 0) is 37.6 Å². The number of hydrogen-bond acceptors (Lipinski definition) is 6. The molecule has 2 aromatic rings. The van der Waals surface area contributed by atoms with Crippen molar-refractivity contribution >= 4 is 11.7 Å². The van der Waals surface area contributed by atoms with Crippen molar-refractivity contribution in [2.24, 2.45) is 0 Å². The van der Waals surface area contributed by atoms with Gasteiger partial charge < -0.3 is 14.2 Å². The summed E-state index contributed by atoms with van der Waals surface area (Å²) in [6.07, 6.45) is 0.138. The van der Waals surface area contributed by atoms with Crippen LogP contribution in [0.3, 0.4) is 0 Å². The molecule has 0 saturated carbocycles. The van der Waals surface area contributed by atoms with Crippen LogP contribution in [0.1, 0.15) is 34.2 Å². The molecule has 2 aromatic carbocycles. The maximum absolute atomic E-state index is 12.2. The van der Waals surface area contributed by atoms with E-state index in [1.54, 1.807) is 24.3 Å². The third-order valence-electron chi connectivity index (χ3n) is 3.74. The van der Waals surface area contributed by atoms with E-state index in [4.69, 9.17) is 14.2 Å². The minimum atomic E-state index is -0.648. The summed E-state index contributed by atoms with van der Waals surface area (Å²) in [5, 5.41) is 11.4. The SMILES string of the molecule is Cc1cccc(C(=O)Oc2ccc(C3OCCCO3)cc2[N+](=O)[O-])c1. The van der Waals surface area contributed by atoms with Crippen molar-refractivity contribution in [3.63, 3.8) is 0 Å². The quantitative estimate of drug-likeness (QED) is 0.365. The zero-order chi connectivity index (χ0) is 17.8. The topological polar surface area (TPSA) is 87.9 Å². The van der Waals surface area contributed by atoms with E-state index in [0.717, 1.165) is 12.0 Å². The van der Waals surface area contributed by atoms with Crippen LogP contribution in [0.2, 0.25) is 0 Å². The Morgan fingerprint density at radius 1 is 1.20 bits per heavy atom. The van der Waals surface area contributed by atoms with Crippen molar-refractivity contribution in [3.05, 3.63) is 69.3 Å². The van der Waals surface area contributed by atoms with E-state index < -0.39 is 17.2 Å². The van der Waals surface area contributed by atoms with E-state index in [9.17, 15) is 14.9 Å². The van der Waals surface area contributed by atoms with E-state index in [1.807, 2.05) is 13.0 Å². The molecule has 3 rings (SSSR count). The molecule has 0 unspecified atom stereocenters. The molecule has 0 atom stereocenters. The number of rotatable bonds is 4. The summed E-state index contributed by atoms with van der Waals surface area (Å²) in [5.41, 5.74) is 1.43. The number of carbonyl (C=O) groups excluding carboxylic acids is 1. The van der Waals surface area contributed by atoms with Gasteiger partial charge >= 0.3 is 11.7 Å². The fourth-order valence-electron chi connectivity index (χ4n) is 2.52.